The Hall–Kier alpha value is -3.23. The van der Waals surface area contributed by atoms with E-state index in [0.717, 1.165) is 11.1 Å². The molecule has 3 aromatic rings. The number of nitrogen functional groups attached to an aromatic ring is 1. The number of azo groups is 1. The molecule has 0 spiro atoms. The van der Waals surface area contributed by atoms with Crippen LogP contribution in [0.3, 0.4) is 0 Å². The minimum absolute atomic E-state index is 0.0442. The second kappa shape index (κ2) is 9.19. The summed E-state index contributed by atoms with van der Waals surface area (Å²) in [5.74, 6) is 0.611. The third-order valence-electron chi connectivity index (χ3n) is 5.78. The Balaban J connectivity index is 1.63. The van der Waals surface area contributed by atoms with Gasteiger partial charge in [0, 0.05) is 36.8 Å². The maximum atomic E-state index is 13.3. The summed E-state index contributed by atoms with van der Waals surface area (Å²) in [7, 11) is -3.89. The van der Waals surface area contributed by atoms with Crippen LogP contribution in [-0.4, -0.2) is 63.2 Å². The summed E-state index contributed by atoms with van der Waals surface area (Å²) in [6.07, 6.45) is 0. The number of anilines is 1. The van der Waals surface area contributed by atoms with Crippen LogP contribution in [0.25, 0.3) is 22.2 Å². The molecule has 0 bridgehead atoms. The number of imidazole rings is 1. The molecule has 12 nitrogen and oxygen atoms in total. The average molecular weight is 484 g/mol. The van der Waals surface area contributed by atoms with Crippen LogP contribution in [0, 0.1) is 0 Å². The lowest BCUT2D eigenvalue weighted by Gasteiger charge is -2.24. The largest absolute Gasteiger partial charge is 0.378 e. The summed E-state index contributed by atoms with van der Waals surface area (Å²) in [5, 5.41) is 11.3. The molecule has 3 heterocycles. The van der Waals surface area contributed by atoms with Gasteiger partial charge in [-0.3, -0.25) is 0 Å². The highest BCUT2D eigenvalue weighted by molar-refractivity contribution is 7.89. The molecular weight excluding hydrogens is 458 g/mol. The van der Waals surface area contributed by atoms with Crippen molar-refractivity contribution in [1.82, 2.24) is 20.0 Å². The highest BCUT2D eigenvalue weighted by atomic mass is 32.2. The Kier molecular flexibility index (Phi) is 6.10. The molecule has 1 fully saturated rings. The smallest absolute Gasteiger partial charge is 0.240 e. The highest BCUT2D eigenvalue weighted by Crippen LogP contribution is 2.35. The van der Waals surface area contributed by atoms with E-state index in [4.69, 9.17) is 16.2 Å². The lowest BCUT2D eigenvalue weighted by molar-refractivity contribution is 0.0784. The number of aromatic nitrogens is 2. The topological polar surface area (TPSA) is 185 Å². The molecule has 0 aliphatic carbocycles. The van der Waals surface area contributed by atoms with Crippen molar-refractivity contribution in [2.75, 3.05) is 38.7 Å². The van der Waals surface area contributed by atoms with Crippen LogP contribution in [-0.2, 0) is 21.3 Å². The fourth-order valence-electron chi connectivity index (χ4n) is 4.23. The fraction of sp³-hybridized carbons (Fsp3) is 0.333. The van der Waals surface area contributed by atoms with Crippen molar-refractivity contribution in [3.8, 4) is 11.1 Å². The van der Waals surface area contributed by atoms with Gasteiger partial charge in [0.15, 0.2) is 18.5 Å². The van der Waals surface area contributed by atoms with E-state index in [-0.39, 0.29) is 36.6 Å². The van der Waals surface area contributed by atoms with E-state index in [0.29, 0.717) is 47.8 Å². The van der Waals surface area contributed by atoms with Crippen molar-refractivity contribution in [1.29, 1.82) is 0 Å². The van der Waals surface area contributed by atoms with Crippen LogP contribution in [0.5, 0.6) is 0 Å². The van der Waals surface area contributed by atoms with E-state index in [9.17, 15) is 8.42 Å². The molecule has 0 saturated carbocycles. The maximum Gasteiger partial charge on any atom is 0.240 e. The number of sulfonamides is 1. The Morgan fingerprint density at radius 2 is 2.09 bits per heavy atom. The average Bonchev–Trinajstić information content (AvgIpc) is 3.51. The van der Waals surface area contributed by atoms with Crippen molar-refractivity contribution in [2.24, 2.45) is 21.0 Å². The first kappa shape index (κ1) is 22.6. The number of ether oxygens (including phenoxy) is 1. The van der Waals surface area contributed by atoms with Gasteiger partial charge in [-0.2, -0.15) is 5.11 Å². The number of aliphatic imine (C=N–C) groups is 1. The Bertz CT molecular complexity index is 1390. The van der Waals surface area contributed by atoms with Crippen LogP contribution in [0.2, 0.25) is 0 Å². The number of H-pyrrole nitrogens is 1. The Morgan fingerprint density at radius 1 is 1.21 bits per heavy atom. The molecule has 34 heavy (non-hydrogen) atoms. The van der Waals surface area contributed by atoms with E-state index in [2.05, 4.69) is 35.2 Å². The second-order valence-corrected chi connectivity index (χ2v) is 9.67. The highest BCUT2D eigenvalue weighted by Gasteiger charge is 2.28. The molecule has 7 N–H and O–H groups in total. The molecule has 178 valence electrons. The maximum absolute atomic E-state index is 13.3. The van der Waals surface area contributed by atoms with Gasteiger partial charge in [0.25, 0.3) is 0 Å². The van der Waals surface area contributed by atoms with Crippen molar-refractivity contribution in [3.63, 3.8) is 0 Å². The molecule has 2 aliphatic heterocycles. The third kappa shape index (κ3) is 4.19. The summed E-state index contributed by atoms with van der Waals surface area (Å²) in [5.41, 5.74) is 15.8. The zero-order chi connectivity index (χ0) is 23.7. The van der Waals surface area contributed by atoms with Gasteiger partial charge >= 0.3 is 0 Å². The van der Waals surface area contributed by atoms with Gasteiger partial charge < -0.3 is 26.5 Å². The first-order chi connectivity index (χ1) is 16.5. The molecule has 1 saturated heterocycles. The lowest BCUT2D eigenvalue weighted by atomic mass is 9.93. The van der Waals surface area contributed by atoms with Crippen molar-refractivity contribution >= 4 is 32.8 Å². The van der Waals surface area contributed by atoms with Gasteiger partial charge in [0.05, 0.1) is 29.1 Å². The van der Waals surface area contributed by atoms with Crippen LogP contribution in [0.1, 0.15) is 11.1 Å². The van der Waals surface area contributed by atoms with Gasteiger partial charge in [-0.05, 0) is 23.3 Å². The number of hydrogen-bond acceptors (Lipinski definition) is 10. The number of benzene rings is 2. The number of amidine groups is 1. The third-order valence-corrected chi connectivity index (χ3v) is 7.28. The molecule has 1 unspecified atom stereocenters. The summed E-state index contributed by atoms with van der Waals surface area (Å²) in [6, 6.07) is 8.78. The standard InChI is InChI=1S/C21H25N9O3S/c22-8-15-17(34(31,32)27-9-12-10-33-7-6-24-12)5-4-13(18(15)20-25-11-26-30-20)14-2-1-3-16-19(14)29-21(23)28-16/h1-5,12,24,27H,6-11,22H2,(H3,23,28,29). The Labute approximate surface area is 196 Å². The van der Waals surface area contributed by atoms with E-state index < -0.39 is 10.0 Å². The molecule has 1 atom stereocenters. The molecular formula is C21H25N9O3S. The molecule has 1 aromatic heterocycles. The molecule has 0 amide bonds. The molecule has 5 rings (SSSR count). The number of para-hydroxylation sites is 1. The number of nitrogens with one attached hydrogen (secondary N) is 3. The summed E-state index contributed by atoms with van der Waals surface area (Å²) >= 11 is 0. The van der Waals surface area contributed by atoms with Crippen LogP contribution < -0.4 is 21.5 Å². The van der Waals surface area contributed by atoms with Crippen molar-refractivity contribution in [3.05, 3.63) is 41.5 Å². The lowest BCUT2D eigenvalue weighted by Crippen LogP contribution is -2.48. The predicted molar refractivity (Wildman–Crippen MR) is 128 cm³/mol. The summed E-state index contributed by atoms with van der Waals surface area (Å²) < 4.78 is 34.7. The first-order valence-electron chi connectivity index (χ1n) is 10.8. The molecule has 0 radical (unpaired) electrons. The first-order valence-corrected chi connectivity index (χ1v) is 12.3. The monoisotopic (exact) mass is 483 g/mol. The fourth-order valence-corrected chi connectivity index (χ4v) is 5.56. The van der Waals surface area contributed by atoms with Crippen molar-refractivity contribution < 1.29 is 13.2 Å². The van der Waals surface area contributed by atoms with Gasteiger partial charge in [-0.1, -0.05) is 18.2 Å². The number of fused-ring (bicyclic) bond motifs is 1. The van der Waals surface area contributed by atoms with Crippen LogP contribution in [0.15, 0.2) is 50.4 Å². The Morgan fingerprint density at radius 3 is 2.82 bits per heavy atom. The van der Waals surface area contributed by atoms with E-state index in [1.54, 1.807) is 12.1 Å². The van der Waals surface area contributed by atoms with Gasteiger partial charge in [0.1, 0.15) is 0 Å². The summed E-state index contributed by atoms with van der Waals surface area (Å²) in [6.45, 7) is 2.03. The van der Waals surface area contributed by atoms with Crippen LogP contribution in [0.4, 0.5) is 5.95 Å². The van der Waals surface area contributed by atoms with Crippen molar-refractivity contribution in [2.45, 2.75) is 17.5 Å². The summed E-state index contributed by atoms with van der Waals surface area (Å²) in [4.78, 5) is 11.9. The molecule has 2 aromatic carbocycles. The number of nitrogens with zero attached hydrogens (tertiary/aromatic N) is 4. The number of nitrogens with two attached hydrogens (primary N) is 2. The number of morpholine rings is 1. The van der Waals surface area contributed by atoms with Gasteiger partial charge in [-0.25, -0.2) is 23.1 Å². The zero-order valence-electron chi connectivity index (χ0n) is 18.3. The SMILES string of the molecule is NCc1c(S(=O)(=O)NCC2COCCN2)ccc(-c2cccc3[nH]c(N)nc23)c1C1=NCN=N1. The normalized spacial score (nSPS) is 18.5. The van der Waals surface area contributed by atoms with Gasteiger partial charge in [0.2, 0.25) is 10.0 Å². The number of hydrogen-bond donors (Lipinski definition) is 5. The van der Waals surface area contributed by atoms with E-state index in [1.807, 2.05) is 18.2 Å². The quantitative estimate of drug-likeness (QED) is 0.327. The van der Waals surface area contributed by atoms with E-state index in [1.165, 1.54) is 0 Å². The zero-order valence-corrected chi connectivity index (χ0v) is 19.1. The minimum Gasteiger partial charge on any atom is -0.378 e. The minimum atomic E-state index is -3.89. The molecule has 2 aliphatic rings. The second-order valence-electron chi connectivity index (χ2n) is 7.94. The number of aromatic amines is 1. The van der Waals surface area contributed by atoms with E-state index >= 15 is 0 Å². The van der Waals surface area contributed by atoms with Crippen LogP contribution >= 0.6 is 0 Å². The predicted octanol–water partition coefficient (Wildman–Crippen LogP) is 0.707. The molecule has 13 heteroatoms. The van der Waals surface area contributed by atoms with Gasteiger partial charge in [-0.15, -0.1) is 5.11 Å². The number of rotatable bonds is 7.